The molecule has 1 aliphatic heterocycles. The normalized spacial score (nSPS) is 27.5. The van der Waals surface area contributed by atoms with Gasteiger partial charge in [0.25, 0.3) is 0 Å². The highest BCUT2D eigenvalue weighted by Gasteiger charge is 2.36. The number of hydrogen-bond acceptors (Lipinski definition) is 2. The maximum Gasteiger partial charge on any atom is 0.408 e. The summed E-state index contributed by atoms with van der Waals surface area (Å²) in [5, 5.41) is 12.6. The summed E-state index contributed by atoms with van der Waals surface area (Å²) in [6.45, 7) is 8.90. The van der Waals surface area contributed by atoms with Crippen LogP contribution in [0.15, 0.2) is 0 Å². The van der Waals surface area contributed by atoms with E-state index in [-0.39, 0.29) is 17.6 Å². The van der Waals surface area contributed by atoms with E-state index in [1.165, 1.54) is 0 Å². The maximum atomic E-state index is 11.3. The second kappa shape index (κ2) is 4.39. The largest absolute Gasteiger partial charge is 0.465 e. The third-order valence-electron chi connectivity index (χ3n) is 2.98. The Morgan fingerprint density at radius 2 is 2.07 bits per heavy atom. The molecule has 2 N–H and O–H groups in total. The van der Waals surface area contributed by atoms with Crippen LogP contribution in [0.1, 0.15) is 40.5 Å². The van der Waals surface area contributed by atoms with Gasteiger partial charge in [-0.1, -0.05) is 0 Å². The number of amides is 1. The number of nitrogens with one attached hydrogen (secondary N) is 1. The molecule has 0 aliphatic carbocycles. The smallest absolute Gasteiger partial charge is 0.408 e. The average Bonchev–Trinajstić information content (AvgIpc) is 2.05. The molecule has 1 rings (SSSR count). The van der Waals surface area contributed by atoms with Gasteiger partial charge < -0.3 is 10.4 Å². The van der Waals surface area contributed by atoms with Gasteiger partial charge in [-0.15, -0.1) is 0 Å². The number of nitrogens with zero attached hydrogens (tertiary/aromatic N) is 1. The Morgan fingerprint density at radius 3 is 2.47 bits per heavy atom. The first-order valence-corrected chi connectivity index (χ1v) is 5.59. The van der Waals surface area contributed by atoms with Crippen LogP contribution in [0.25, 0.3) is 0 Å². The lowest BCUT2D eigenvalue weighted by Crippen LogP contribution is -2.59. The van der Waals surface area contributed by atoms with Crippen LogP contribution in [0.4, 0.5) is 4.79 Å². The maximum absolute atomic E-state index is 11.3. The highest BCUT2D eigenvalue weighted by Crippen LogP contribution is 2.24. The lowest BCUT2D eigenvalue weighted by Gasteiger charge is -2.44. The van der Waals surface area contributed by atoms with Gasteiger partial charge >= 0.3 is 6.09 Å². The number of hydrogen-bond donors (Lipinski definition) is 2. The summed E-state index contributed by atoms with van der Waals surface area (Å²) in [4.78, 5) is 12.9. The van der Waals surface area contributed by atoms with Crippen molar-refractivity contribution in [1.29, 1.82) is 0 Å². The van der Waals surface area contributed by atoms with E-state index in [4.69, 9.17) is 0 Å². The molecule has 0 aromatic carbocycles. The Morgan fingerprint density at radius 1 is 1.47 bits per heavy atom. The monoisotopic (exact) mass is 214 g/mol. The lowest BCUT2D eigenvalue weighted by atomic mass is 9.93. The molecule has 4 nitrogen and oxygen atoms in total. The van der Waals surface area contributed by atoms with Gasteiger partial charge in [0.05, 0.1) is 6.04 Å². The molecule has 0 radical (unpaired) electrons. The van der Waals surface area contributed by atoms with Crippen molar-refractivity contribution in [3.63, 3.8) is 0 Å². The number of carboxylic acid groups (broad SMARTS) is 1. The van der Waals surface area contributed by atoms with Crippen LogP contribution in [-0.2, 0) is 0 Å². The fourth-order valence-corrected chi connectivity index (χ4v) is 2.31. The molecule has 1 fully saturated rings. The van der Waals surface area contributed by atoms with Gasteiger partial charge in [0.15, 0.2) is 0 Å². The Bertz CT molecular complexity index is 235. The second-order valence-corrected chi connectivity index (χ2v) is 5.28. The summed E-state index contributed by atoms with van der Waals surface area (Å²) >= 11 is 0. The van der Waals surface area contributed by atoms with E-state index in [1.54, 1.807) is 4.90 Å². The van der Waals surface area contributed by atoms with E-state index in [2.05, 4.69) is 12.2 Å². The molecule has 0 aromatic heterocycles. The van der Waals surface area contributed by atoms with Crippen molar-refractivity contribution in [3.8, 4) is 0 Å². The number of rotatable bonds is 1. The molecule has 15 heavy (non-hydrogen) atoms. The molecule has 1 aliphatic rings. The zero-order chi connectivity index (χ0) is 11.6. The highest BCUT2D eigenvalue weighted by atomic mass is 16.4. The van der Waals surface area contributed by atoms with Crippen molar-refractivity contribution >= 4 is 6.09 Å². The topological polar surface area (TPSA) is 52.6 Å². The molecular weight excluding hydrogens is 192 g/mol. The van der Waals surface area contributed by atoms with Crippen LogP contribution in [0.3, 0.4) is 0 Å². The van der Waals surface area contributed by atoms with E-state index in [1.807, 2.05) is 20.8 Å². The quantitative estimate of drug-likeness (QED) is 0.701. The summed E-state index contributed by atoms with van der Waals surface area (Å²) in [7, 11) is 0. The molecule has 1 amide bonds. The summed E-state index contributed by atoms with van der Waals surface area (Å²) < 4.78 is 0. The molecule has 0 bridgehead atoms. The minimum Gasteiger partial charge on any atom is -0.465 e. The van der Waals surface area contributed by atoms with E-state index < -0.39 is 6.09 Å². The number of piperidine rings is 1. The summed E-state index contributed by atoms with van der Waals surface area (Å²) in [5.74, 6) is 0. The Labute approximate surface area is 91.6 Å². The van der Waals surface area contributed by atoms with Crippen molar-refractivity contribution in [3.05, 3.63) is 0 Å². The van der Waals surface area contributed by atoms with Gasteiger partial charge in [0.2, 0.25) is 0 Å². The van der Waals surface area contributed by atoms with E-state index >= 15 is 0 Å². The van der Waals surface area contributed by atoms with E-state index in [9.17, 15) is 9.90 Å². The summed E-state index contributed by atoms with van der Waals surface area (Å²) in [6, 6.07) is 0.338. The molecule has 0 spiro atoms. The zero-order valence-corrected chi connectivity index (χ0v) is 10.1. The third kappa shape index (κ3) is 2.84. The van der Waals surface area contributed by atoms with E-state index in [0.29, 0.717) is 0 Å². The first-order chi connectivity index (χ1) is 6.84. The van der Waals surface area contributed by atoms with Crippen LogP contribution < -0.4 is 5.32 Å². The van der Waals surface area contributed by atoms with Crippen LogP contribution in [0.5, 0.6) is 0 Å². The van der Waals surface area contributed by atoms with Crippen LogP contribution in [-0.4, -0.2) is 40.3 Å². The van der Waals surface area contributed by atoms with Gasteiger partial charge in [-0.05, 0) is 47.1 Å². The molecule has 1 saturated heterocycles. The zero-order valence-electron chi connectivity index (χ0n) is 10.1. The summed E-state index contributed by atoms with van der Waals surface area (Å²) in [5.41, 5.74) is -0.330. The minimum atomic E-state index is -0.817. The highest BCUT2D eigenvalue weighted by molar-refractivity contribution is 5.66. The Balaban J connectivity index is 2.83. The molecule has 0 saturated carbocycles. The van der Waals surface area contributed by atoms with Crippen molar-refractivity contribution in [2.24, 2.45) is 0 Å². The van der Waals surface area contributed by atoms with Gasteiger partial charge in [-0.3, -0.25) is 4.90 Å². The van der Waals surface area contributed by atoms with Gasteiger partial charge in [-0.2, -0.15) is 0 Å². The summed E-state index contributed by atoms with van der Waals surface area (Å²) in [6.07, 6.45) is 1.19. The van der Waals surface area contributed by atoms with Crippen LogP contribution in [0, 0.1) is 0 Å². The van der Waals surface area contributed by atoms with E-state index in [0.717, 1.165) is 19.4 Å². The molecule has 88 valence electrons. The predicted octanol–water partition coefficient (Wildman–Crippen LogP) is 1.91. The van der Waals surface area contributed by atoms with Crippen LogP contribution >= 0.6 is 0 Å². The van der Waals surface area contributed by atoms with Crippen LogP contribution in [0.2, 0.25) is 0 Å². The van der Waals surface area contributed by atoms with Crippen molar-refractivity contribution in [2.45, 2.75) is 58.2 Å². The molecule has 2 atom stereocenters. The fraction of sp³-hybridized carbons (Fsp3) is 0.909. The average molecular weight is 214 g/mol. The first-order valence-electron chi connectivity index (χ1n) is 5.59. The first kappa shape index (κ1) is 12.3. The van der Waals surface area contributed by atoms with Gasteiger partial charge in [0.1, 0.15) is 0 Å². The second-order valence-electron chi connectivity index (χ2n) is 5.28. The molecule has 2 unspecified atom stereocenters. The van der Waals surface area contributed by atoms with Gasteiger partial charge in [-0.25, -0.2) is 4.79 Å². The van der Waals surface area contributed by atoms with Crippen molar-refractivity contribution < 1.29 is 9.90 Å². The SMILES string of the molecule is CC1NCCCC1N(C(=O)O)C(C)(C)C. The standard InChI is InChI=1S/C11H22N2O2/c1-8-9(6-5-7-12-8)13(10(14)15)11(2,3)4/h8-9,12H,5-7H2,1-4H3,(H,14,15). The Hall–Kier alpha value is -0.770. The van der Waals surface area contributed by atoms with Gasteiger partial charge in [0, 0.05) is 11.6 Å². The molecule has 0 aromatic rings. The third-order valence-corrected chi connectivity index (χ3v) is 2.98. The van der Waals surface area contributed by atoms with Crippen molar-refractivity contribution in [2.75, 3.05) is 6.54 Å². The fourth-order valence-electron chi connectivity index (χ4n) is 2.31. The minimum absolute atomic E-state index is 0.0937. The predicted molar refractivity (Wildman–Crippen MR) is 60.1 cm³/mol. The molecular formula is C11H22N2O2. The molecule has 4 heteroatoms. The number of carbonyl (C=O) groups is 1. The lowest BCUT2D eigenvalue weighted by molar-refractivity contribution is 0.0475. The molecule has 1 heterocycles. The van der Waals surface area contributed by atoms with Crippen molar-refractivity contribution in [1.82, 2.24) is 10.2 Å². The Kier molecular flexibility index (Phi) is 3.60.